The smallest absolute Gasteiger partial charge is 0.219 e. The second kappa shape index (κ2) is 4.94. The molecule has 0 aliphatic carbocycles. The number of amides is 1. The lowest BCUT2D eigenvalue weighted by molar-refractivity contribution is -0.118. The molecule has 0 saturated carbocycles. The van der Waals surface area contributed by atoms with Crippen LogP contribution in [0.4, 0.5) is 0 Å². The van der Waals surface area contributed by atoms with Crippen molar-refractivity contribution in [1.29, 1.82) is 0 Å². The second-order valence-electron chi connectivity index (χ2n) is 3.87. The summed E-state index contributed by atoms with van der Waals surface area (Å²) in [7, 11) is 1.84. The van der Waals surface area contributed by atoms with Gasteiger partial charge in [-0.1, -0.05) is 23.8 Å². The van der Waals surface area contributed by atoms with E-state index in [2.05, 4.69) is 24.4 Å². The molecule has 0 radical (unpaired) electrons. The van der Waals surface area contributed by atoms with E-state index >= 15 is 0 Å². The second-order valence-corrected chi connectivity index (χ2v) is 3.87. The van der Waals surface area contributed by atoms with E-state index in [0.717, 1.165) is 5.56 Å². The molecule has 0 fully saturated rings. The molecule has 1 atom stereocenters. The van der Waals surface area contributed by atoms with Crippen molar-refractivity contribution in [3.63, 3.8) is 0 Å². The van der Waals surface area contributed by atoms with Gasteiger partial charge in [-0.15, -0.1) is 0 Å². The Hall–Kier alpha value is -1.35. The molecular formula is C12H18N2O. The average molecular weight is 206 g/mol. The topological polar surface area (TPSA) is 55.1 Å². The fourth-order valence-electron chi connectivity index (χ4n) is 1.79. The molecule has 0 aromatic heterocycles. The summed E-state index contributed by atoms with van der Waals surface area (Å²) in [5.41, 5.74) is 8.77. The Morgan fingerprint density at radius 2 is 2.13 bits per heavy atom. The molecule has 3 heteroatoms. The number of carbonyl (C=O) groups excluding carboxylic acids is 1. The predicted octanol–water partition coefficient (Wildman–Crippen LogP) is 1.44. The van der Waals surface area contributed by atoms with Crippen molar-refractivity contribution < 1.29 is 4.79 Å². The monoisotopic (exact) mass is 206 g/mol. The highest BCUT2D eigenvalue weighted by atomic mass is 16.1. The van der Waals surface area contributed by atoms with Crippen molar-refractivity contribution >= 4 is 5.91 Å². The minimum absolute atomic E-state index is 0.0168. The number of nitrogens with one attached hydrogen (secondary N) is 1. The van der Waals surface area contributed by atoms with E-state index in [1.807, 2.05) is 20.0 Å². The number of hydrogen-bond acceptors (Lipinski definition) is 2. The van der Waals surface area contributed by atoms with E-state index in [9.17, 15) is 4.79 Å². The summed E-state index contributed by atoms with van der Waals surface area (Å²) in [6.45, 7) is 4.10. The fourth-order valence-corrected chi connectivity index (χ4v) is 1.79. The van der Waals surface area contributed by atoms with Gasteiger partial charge in [-0.25, -0.2) is 0 Å². The number of carbonyl (C=O) groups is 1. The van der Waals surface area contributed by atoms with Gasteiger partial charge in [0.1, 0.15) is 0 Å². The molecule has 0 aliphatic heterocycles. The minimum Gasteiger partial charge on any atom is -0.370 e. The first kappa shape index (κ1) is 11.7. The summed E-state index contributed by atoms with van der Waals surface area (Å²) in [5, 5.41) is 3.11. The minimum atomic E-state index is -0.283. The van der Waals surface area contributed by atoms with Crippen LogP contribution in [0.1, 0.15) is 29.2 Å². The zero-order valence-electron chi connectivity index (χ0n) is 9.50. The molecule has 1 aromatic carbocycles. The number of hydrogen-bond donors (Lipinski definition) is 2. The van der Waals surface area contributed by atoms with Crippen molar-refractivity contribution in [2.75, 3.05) is 7.05 Å². The van der Waals surface area contributed by atoms with Crippen molar-refractivity contribution in [2.45, 2.75) is 26.3 Å². The molecule has 82 valence electrons. The Morgan fingerprint density at radius 1 is 1.47 bits per heavy atom. The van der Waals surface area contributed by atoms with Gasteiger partial charge in [0, 0.05) is 12.5 Å². The third kappa shape index (κ3) is 3.06. The lowest BCUT2D eigenvalue weighted by Crippen LogP contribution is -2.24. The third-order valence-corrected chi connectivity index (χ3v) is 2.55. The van der Waals surface area contributed by atoms with Crippen LogP contribution in [0.3, 0.4) is 0 Å². The molecular weight excluding hydrogens is 188 g/mol. The van der Waals surface area contributed by atoms with Crippen LogP contribution in [0.5, 0.6) is 0 Å². The first-order chi connectivity index (χ1) is 7.04. The normalized spacial score (nSPS) is 12.5. The van der Waals surface area contributed by atoms with Crippen LogP contribution < -0.4 is 11.1 Å². The van der Waals surface area contributed by atoms with E-state index in [-0.39, 0.29) is 11.9 Å². The van der Waals surface area contributed by atoms with Gasteiger partial charge in [0.25, 0.3) is 0 Å². The Balaban J connectivity index is 2.96. The number of aryl methyl sites for hydroxylation is 2. The first-order valence-electron chi connectivity index (χ1n) is 5.07. The molecule has 0 saturated heterocycles. The van der Waals surface area contributed by atoms with E-state index in [1.54, 1.807) is 0 Å². The largest absolute Gasteiger partial charge is 0.370 e. The van der Waals surface area contributed by atoms with Gasteiger partial charge >= 0.3 is 0 Å². The van der Waals surface area contributed by atoms with Crippen LogP contribution in [-0.2, 0) is 4.79 Å². The van der Waals surface area contributed by atoms with Crippen molar-refractivity contribution in [3.05, 3.63) is 34.9 Å². The predicted molar refractivity (Wildman–Crippen MR) is 61.5 cm³/mol. The van der Waals surface area contributed by atoms with Gasteiger partial charge in [-0.3, -0.25) is 4.79 Å². The van der Waals surface area contributed by atoms with Crippen LogP contribution in [0.15, 0.2) is 18.2 Å². The van der Waals surface area contributed by atoms with Gasteiger partial charge < -0.3 is 11.1 Å². The standard InChI is InChI=1S/C12H18N2O/c1-8-4-5-10(9(2)6-8)11(14-3)7-12(13)15/h4-6,11,14H,7H2,1-3H3,(H2,13,15). The Bertz CT molecular complexity index is 361. The summed E-state index contributed by atoms with van der Waals surface area (Å²) in [4.78, 5) is 10.9. The zero-order chi connectivity index (χ0) is 11.4. The summed E-state index contributed by atoms with van der Waals surface area (Å²) in [5.74, 6) is -0.283. The van der Waals surface area contributed by atoms with Gasteiger partial charge in [0.15, 0.2) is 0 Å². The highest BCUT2D eigenvalue weighted by molar-refractivity contribution is 5.74. The fraction of sp³-hybridized carbons (Fsp3) is 0.417. The highest BCUT2D eigenvalue weighted by Gasteiger charge is 2.13. The molecule has 0 spiro atoms. The summed E-state index contributed by atoms with van der Waals surface area (Å²) in [6, 6.07) is 6.23. The van der Waals surface area contributed by atoms with Crippen LogP contribution >= 0.6 is 0 Å². The third-order valence-electron chi connectivity index (χ3n) is 2.55. The molecule has 1 unspecified atom stereocenters. The van der Waals surface area contributed by atoms with E-state index in [1.165, 1.54) is 11.1 Å². The van der Waals surface area contributed by atoms with Crippen LogP contribution in [0, 0.1) is 13.8 Å². The summed E-state index contributed by atoms with van der Waals surface area (Å²) >= 11 is 0. The van der Waals surface area contributed by atoms with E-state index in [4.69, 9.17) is 5.73 Å². The van der Waals surface area contributed by atoms with E-state index in [0.29, 0.717) is 6.42 Å². The Kier molecular flexibility index (Phi) is 3.86. The van der Waals surface area contributed by atoms with Crippen LogP contribution in [0.25, 0.3) is 0 Å². The molecule has 15 heavy (non-hydrogen) atoms. The van der Waals surface area contributed by atoms with Gasteiger partial charge in [0.05, 0.1) is 0 Å². The van der Waals surface area contributed by atoms with E-state index < -0.39 is 0 Å². The number of nitrogens with two attached hydrogens (primary N) is 1. The molecule has 1 aromatic rings. The summed E-state index contributed by atoms with van der Waals surface area (Å²) < 4.78 is 0. The summed E-state index contributed by atoms with van der Waals surface area (Å²) in [6.07, 6.45) is 0.334. The van der Waals surface area contributed by atoms with Crippen molar-refractivity contribution in [1.82, 2.24) is 5.32 Å². The number of primary amides is 1. The molecule has 1 rings (SSSR count). The lowest BCUT2D eigenvalue weighted by atomic mass is 9.97. The van der Waals surface area contributed by atoms with Crippen molar-refractivity contribution in [2.24, 2.45) is 5.73 Å². The maximum absolute atomic E-state index is 10.9. The van der Waals surface area contributed by atoms with Crippen LogP contribution in [-0.4, -0.2) is 13.0 Å². The van der Waals surface area contributed by atoms with Gasteiger partial charge in [-0.2, -0.15) is 0 Å². The molecule has 3 N–H and O–H groups in total. The SMILES string of the molecule is CNC(CC(N)=O)c1ccc(C)cc1C. The van der Waals surface area contributed by atoms with Gasteiger partial charge in [-0.05, 0) is 32.0 Å². The Morgan fingerprint density at radius 3 is 2.60 bits per heavy atom. The molecule has 0 heterocycles. The van der Waals surface area contributed by atoms with Gasteiger partial charge in [0.2, 0.25) is 5.91 Å². The lowest BCUT2D eigenvalue weighted by Gasteiger charge is -2.17. The molecule has 3 nitrogen and oxygen atoms in total. The highest BCUT2D eigenvalue weighted by Crippen LogP contribution is 2.21. The number of benzene rings is 1. The van der Waals surface area contributed by atoms with Crippen molar-refractivity contribution in [3.8, 4) is 0 Å². The maximum atomic E-state index is 10.9. The Labute approximate surface area is 90.7 Å². The van der Waals surface area contributed by atoms with Crippen LogP contribution in [0.2, 0.25) is 0 Å². The maximum Gasteiger partial charge on any atom is 0.219 e. The average Bonchev–Trinajstić information content (AvgIpc) is 2.14. The zero-order valence-corrected chi connectivity index (χ0v) is 9.50. The quantitative estimate of drug-likeness (QED) is 0.783. The molecule has 0 bridgehead atoms. The molecule has 1 amide bonds. The first-order valence-corrected chi connectivity index (χ1v) is 5.07. The number of rotatable bonds is 4. The molecule has 0 aliphatic rings.